The van der Waals surface area contributed by atoms with Gasteiger partial charge in [0, 0.05) is 38.3 Å². The summed E-state index contributed by atoms with van der Waals surface area (Å²) in [5.74, 6) is -1.73. The minimum absolute atomic E-state index is 0.0750. The van der Waals surface area contributed by atoms with Crippen LogP contribution in [0.5, 0.6) is 0 Å². The quantitative estimate of drug-likeness (QED) is 0.0581. The van der Waals surface area contributed by atoms with Crippen molar-refractivity contribution in [2.24, 2.45) is 17.8 Å². The topological polar surface area (TPSA) is 216 Å². The highest BCUT2D eigenvalue weighted by molar-refractivity contribution is 6.04. The number of nitrogens with one attached hydrogen (secondary N) is 3. The predicted molar refractivity (Wildman–Crippen MR) is 208 cm³/mol. The summed E-state index contributed by atoms with van der Waals surface area (Å²) in [6.45, 7) is 17.3. The van der Waals surface area contributed by atoms with Crippen molar-refractivity contribution < 1.29 is 66.7 Å². The Labute approximate surface area is 338 Å². The highest BCUT2D eigenvalue weighted by atomic mass is 16.6. The number of carbonyl (C=O) groups excluding carboxylic acids is 6. The van der Waals surface area contributed by atoms with Crippen molar-refractivity contribution in [3.63, 3.8) is 0 Å². The molecule has 330 valence electrons. The first kappa shape index (κ1) is 51.9. The van der Waals surface area contributed by atoms with Crippen molar-refractivity contribution >= 4 is 35.3 Å². The Hall–Kier alpha value is -3.10. The molecule has 0 aromatic rings. The molecule has 5 amide bonds. The van der Waals surface area contributed by atoms with E-state index in [-0.39, 0.29) is 79.6 Å². The van der Waals surface area contributed by atoms with Crippen LogP contribution in [0.2, 0.25) is 0 Å². The van der Waals surface area contributed by atoms with Crippen molar-refractivity contribution in [3.05, 3.63) is 0 Å². The fourth-order valence-corrected chi connectivity index (χ4v) is 5.23. The van der Waals surface area contributed by atoms with Gasteiger partial charge in [-0.3, -0.25) is 33.7 Å². The number of imide groups is 1. The van der Waals surface area contributed by atoms with Crippen LogP contribution in [0.1, 0.15) is 67.2 Å². The van der Waals surface area contributed by atoms with E-state index in [1.54, 1.807) is 6.92 Å². The van der Waals surface area contributed by atoms with Crippen LogP contribution in [0.3, 0.4) is 0 Å². The highest BCUT2D eigenvalue weighted by Gasteiger charge is 2.40. The summed E-state index contributed by atoms with van der Waals surface area (Å²) >= 11 is 0. The maximum Gasteiger partial charge on any atom is 0.243 e. The first-order chi connectivity index (χ1) is 27.4. The van der Waals surface area contributed by atoms with E-state index in [4.69, 9.17) is 37.9 Å². The number of hydrogen-bond acceptors (Lipinski definition) is 14. The smallest absolute Gasteiger partial charge is 0.243 e. The molecular formula is C39H70N4O14. The first-order valence-corrected chi connectivity index (χ1v) is 20.2. The number of ether oxygens (including phenoxy) is 8. The van der Waals surface area contributed by atoms with Crippen LogP contribution < -0.4 is 16.0 Å². The summed E-state index contributed by atoms with van der Waals surface area (Å²) in [4.78, 5) is 74.0. The van der Waals surface area contributed by atoms with Gasteiger partial charge in [0.2, 0.25) is 29.5 Å². The zero-order valence-electron chi connectivity index (χ0n) is 35.1. The lowest BCUT2D eigenvalue weighted by molar-refractivity contribution is -0.140. The average molecular weight is 819 g/mol. The molecule has 18 nitrogen and oxygen atoms in total. The maximum atomic E-state index is 12.5. The van der Waals surface area contributed by atoms with E-state index in [1.165, 1.54) is 11.8 Å². The standard InChI is InChI=1S/C39H70N4O14/c1-7-30(4)33-28-36(47)43(39(33)49)11-8-34(45)40-10-13-51-15-17-53-19-21-55-23-25-57-27-26-56-24-22-54-20-18-52-16-14-50-12-9-35(46)42-37(29(2)3)38(48)41-31(5)32(6)44/h29-31,33,37H,7-28H2,1-6H3,(H,40,45)(H,41,48)(H,42,46). The maximum absolute atomic E-state index is 12.5. The summed E-state index contributed by atoms with van der Waals surface area (Å²) < 4.78 is 43.7. The van der Waals surface area contributed by atoms with Crippen LogP contribution in [0.4, 0.5) is 0 Å². The molecule has 0 radical (unpaired) electrons. The van der Waals surface area contributed by atoms with Gasteiger partial charge in [0.25, 0.3) is 0 Å². The summed E-state index contributed by atoms with van der Waals surface area (Å²) in [6, 6.07) is -1.35. The molecule has 4 unspecified atom stereocenters. The molecule has 4 atom stereocenters. The normalized spacial score (nSPS) is 15.8. The van der Waals surface area contributed by atoms with Gasteiger partial charge >= 0.3 is 0 Å². The number of Topliss-reactive ketones (excluding diaryl/α,β-unsaturated/α-hetero) is 1. The molecule has 1 heterocycles. The molecule has 18 heteroatoms. The van der Waals surface area contributed by atoms with Crippen molar-refractivity contribution in [1.82, 2.24) is 20.9 Å². The third-order valence-corrected chi connectivity index (χ3v) is 9.05. The van der Waals surface area contributed by atoms with Gasteiger partial charge in [-0.25, -0.2) is 0 Å². The second kappa shape index (κ2) is 32.8. The van der Waals surface area contributed by atoms with Gasteiger partial charge < -0.3 is 53.8 Å². The monoisotopic (exact) mass is 818 g/mol. The molecular weight excluding hydrogens is 748 g/mol. The van der Waals surface area contributed by atoms with Crippen molar-refractivity contribution in [2.45, 2.75) is 79.3 Å². The third kappa shape index (κ3) is 25.1. The van der Waals surface area contributed by atoms with E-state index in [0.29, 0.717) is 106 Å². The largest absolute Gasteiger partial charge is 0.379 e. The van der Waals surface area contributed by atoms with E-state index < -0.39 is 18.0 Å². The summed E-state index contributed by atoms with van der Waals surface area (Å²) in [6.07, 6.45) is 1.23. The van der Waals surface area contributed by atoms with E-state index in [0.717, 1.165) is 6.42 Å². The number of hydrogen-bond donors (Lipinski definition) is 3. The highest BCUT2D eigenvalue weighted by Crippen LogP contribution is 2.28. The number of nitrogens with zero attached hydrogens (tertiary/aromatic N) is 1. The van der Waals surface area contributed by atoms with Crippen LogP contribution in [0, 0.1) is 17.8 Å². The van der Waals surface area contributed by atoms with Crippen molar-refractivity contribution in [3.8, 4) is 0 Å². The van der Waals surface area contributed by atoms with E-state index >= 15 is 0 Å². The lowest BCUT2D eigenvalue weighted by Crippen LogP contribution is -2.52. The zero-order chi connectivity index (χ0) is 42.3. The molecule has 1 aliphatic rings. The Morgan fingerprint density at radius 1 is 0.632 bits per heavy atom. The molecule has 0 aromatic heterocycles. The zero-order valence-corrected chi connectivity index (χ0v) is 35.1. The SMILES string of the molecule is CCC(C)C1CC(=O)N(CCC(=O)NCCOCCOCCOCCOCCOCCOCCOCCOCCC(=O)NC(C(=O)NC(C)C(C)=O)C(C)C)C1=O. The fourth-order valence-electron chi connectivity index (χ4n) is 5.23. The molecule has 1 rings (SSSR count). The van der Waals surface area contributed by atoms with Crippen LogP contribution >= 0.6 is 0 Å². The summed E-state index contributed by atoms with van der Waals surface area (Å²) in [7, 11) is 0. The molecule has 0 spiro atoms. The second-order valence-corrected chi connectivity index (χ2v) is 14.0. The number of rotatable bonds is 37. The van der Waals surface area contributed by atoms with Gasteiger partial charge in [0.05, 0.1) is 112 Å². The van der Waals surface area contributed by atoms with Gasteiger partial charge in [-0.2, -0.15) is 0 Å². The predicted octanol–water partition coefficient (Wildman–Crippen LogP) is 0.671. The fraction of sp³-hybridized carbons (Fsp3) is 0.846. The number of ketones is 1. The van der Waals surface area contributed by atoms with Crippen LogP contribution in [0.25, 0.3) is 0 Å². The van der Waals surface area contributed by atoms with Crippen LogP contribution in [-0.4, -0.2) is 171 Å². The average Bonchev–Trinajstić information content (AvgIpc) is 3.46. The second-order valence-electron chi connectivity index (χ2n) is 14.0. The van der Waals surface area contributed by atoms with Gasteiger partial charge in [-0.15, -0.1) is 0 Å². The minimum atomic E-state index is -0.736. The van der Waals surface area contributed by atoms with E-state index in [1.807, 2.05) is 27.7 Å². The Morgan fingerprint density at radius 3 is 1.49 bits per heavy atom. The number of likely N-dealkylation sites (tertiary alicyclic amines) is 1. The Morgan fingerprint density at radius 2 is 1.07 bits per heavy atom. The summed E-state index contributed by atoms with van der Waals surface area (Å²) in [5.41, 5.74) is 0. The third-order valence-electron chi connectivity index (χ3n) is 9.05. The van der Waals surface area contributed by atoms with E-state index in [2.05, 4.69) is 16.0 Å². The molecule has 0 bridgehead atoms. The van der Waals surface area contributed by atoms with Crippen molar-refractivity contribution in [1.29, 1.82) is 0 Å². The molecule has 57 heavy (non-hydrogen) atoms. The Balaban J connectivity index is 1.81. The number of amides is 5. The van der Waals surface area contributed by atoms with Gasteiger partial charge in [-0.05, 0) is 25.7 Å². The molecule has 1 saturated heterocycles. The molecule has 1 aliphatic heterocycles. The molecule has 0 saturated carbocycles. The molecule has 1 fully saturated rings. The van der Waals surface area contributed by atoms with Gasteiger partial charge in [-0.1, -0.05) is 34.1 Å². The lowest BCUT2D eigenvalue weighted by Gasteiger charge is -2.23. The number of carbonyl (C=O) groups is 6. The Kier molecular flexibility index (Phi) is 29.9. The lowest BCUT2D eigenvalue weighted by atomic mass is 9.90. The van der Waals surface area contributed by atoms with Crippen molar-refractivity contribution in [2.75, 3.05) is 119 Å². The van der Waals surface area contributed by atoms with Crippen LogP contribution in [-0.2, 0) is 66.7 Å². The molecule has 0 aromatic carbocycles. The Bertz CT molecular complexity index is 1160. The van der Waals surface area contributed by atoms with E-state index in [9.17, 15) is 28.8 Å². The molecule has 0 aliphatic carbocycles. The first-order valence-electron chi connectivity index (χ1n) is 20.2. The summed E-state index contributed by atoms with van der Waals surface area (Å²) in [5, 5.41) is 8.06. The van der Waals surface area contributed by atoms with Gasteiger partial charge in [0.1, 0.15) is 6.04 Å². The minimum Gasteiger partial charge on any atom is -0.379 e. The van der Waals surface area contributed by atoms with Gasteiger partial charge in [0.15, 0.2) is 5.78 Å². The molecule has 3 N–H and O–H groups in total. The van der Waals surface area contributed by atoms with Crippen LogP contribution in [0.15, 0.2) is 0 Å².